The van der Waals surface area contributed by atoms with Gasteiger partial charge in [-0.1, -0.05) is 48.2 Å². The van der Waals surface area contributed by atoms with Crippen LogP contribution in [-0.2, 0) is 0 Å². The van der Waals surface area contributed by atoms with E-state index in [1.165, 1.54) is 6.07 Å². The maximum atomic E-state index is 11.9. The molecule has 4 nitrogen and oxygen atoms in total. The molecule has 0 saturated heterocycles. The number of hydrogen-bond acceptors (Lipinski definition) is 3. The maximum Gasteiger partial charge on any atom is 1.00 e. The zero-order valence-corrected chi connectivity index (χ0v) is 13.4. The molecule has 1 heterocycles. The van der Waals surface area contributed by atoms with Crippen molar-refractivity contribution in [3.8, 4) is 22.8 Å². The first-order chi connectivity index (χ1) is 9.25. The standard InChI is InChI=1S/C15H13N3O.Na/c1-11-16-15(13-9-5-6-10-14(13)19)18(17-11)12-7-3-2-4-8-12;/h2-10,19H,1H3;/q;+1/p-1. The molecule has 0 saturated carbocycles. The van der Waals surface area contributed by atoms with E-state index in [-0.39, 0.29) is 35.3 Å². The van der Waals surface area contributed by atoms with E-state index in [0.717, 1.165) is 5.69 Å². The monoisotopic (exact) mass is 273 g/mol. The Hall–Kier alpha value is -1.62. The Morgan fingerprint density at radius 1 is 0.950 bits per heavy atom. The average Bonchev–Trinajstić information content (AvgIpc) is 2.82. The zero-order valence-electron chi connectivity index (χ0n) is 11.4. The normalized spacial score (nSPS) is 10.1. The van der Waals surface area contributed by atoms with Crippen LogP contribution in [0.2, 0.25) is 0 Å². The van der Waals surface area contributed by atoms with Crippen molar-refractivity contribution >= 4 is 0 Å². The van der Waals surface area contributed by atoms with Gasteiger partial charge in [-0.05, 0) is 19.1 Å². The Morgan fingerprint density at radius 3 is 2.30 bits per heavy atom. The molecule has 2 aromatic carbocycles. The molecule has 0 aliphatic rings. The van der Waals surface area contributed by atoms with E-state index in [1.54, 1.807) is 16.8 Å². The molecule has 3 aromatic rings. The number of benzene rings is 2. The van der Waals surface area contributed by atoms with Crippen molar-refractivity contribution in [1.29, 1.82) is 0 Å². The first-order valence-corrected chi connectivity index (χ1v) is 6.01. The summed E-state index contributed by atoms with van der Waals surface area (Å²) in [6.45, 7) is 1.82. The van der Waals surface area contributed by atoms with Gasteiger partial charge in [0.15, 0.2) is 5.82 Å². The first kappa shape index (κ1) is 14.8. The van der Waals surface area contributed by atoms with Gasteiger partial charge >= 0.3 is 29.6 Å². The van der Waals surface area contributed by atoms with E-state index in [1.807, 2.05) is 43.3 Å². The molecule has 3 rings (SSSR count). The van der Waals surface area contributed by atoms with Gasteiger partial charge in [-0.2, -0.15) is 5.10 Å². The van der Waals surface area contributed by atoms with Crippen LogP contribution in [0.1, 0.15) is 5.82 Å². The van der Waals surface area contributed by atoms with Gasteiger partial charge in [0.25, 0.3) is 0 Å². The molecule has 0 atom stereocenters. The van der Waals surface area contributed by atoms with E-state index in [2.05, 4.69) is 10.1 Å². The van der Waals surface area contributed by atoms with Crippen molar-refractivity contribution in [1.82, 2.24) is 14.8 Å². The largest absolute Gasteiger partial charge is 1.00 e. The van der Waals surface area contributed by atoms with Crippen LogP contribution in [0.25, 0.3) is 17.1 Å². The van der Waals surface area contributed by atoms with Crippen molar-refractivity contribution in [2.45, 2.75) is 6.92 Å². The first-order valence-electron chi connectivity index (χ1n) is 6.01. The van der Waals surface area contributed by atoms with E-state index < -0.39 is 0 Å². The van der Waals surface area contributed by atoms with E-state index >= 15 is 0 Å². The summed E-state index contributed by atoms with van der Waals surface area (Å²) in [5.74, 6) is 1.17. The van der Waals surface area contributed by atoms with Crippen molar-refractivity contribution in [3.63, 3.8) is 0 Å². The number of para-hydroxylation sites is 2. The van der Waals surface area contributed by atoms with Gasteiger partial charge in [0.1, 0.15) is 5.82 Å². The Bertz CT molecular complexity index is 710. The minimum atomic E-state index is -0.0490. The summed E-state index contributed by atoms with van der Waals surface area (Å²) in [5, 5.41) is 16.3. The predicted octanol–water partition coefficient (Wildman–Crippen LogP) is -0.680. The van der Waals surface area contributed by atoms with Gasteiger partial charge in [-0.15, -0.1) is 0 Å². The third kappa shape index (κ3) is 2.77. The van der Waals surface area contributed by atoms with Gasteiger partial charge in [0.2, 0.25) is 0 Å². The van der Waals surface area contributed by atoms with Gasteiger partial charge in [-0.25, -0.2) is 9.67 Å². The van der Waals surface area contributed by atoms with Gasteiger partial charge in [-0.3, -0.25) is 0 Å². The number of aromatic nitrogens is 3. The molecule has 94 valence electrons. The predicted molar refractivity (Wildman–Crippen MR) is 71.0 cm³/mol. The smallest absolute Gasteiger partial charge is 0.872 e. The Morgan fingerprint density at radius 2 is 1.60 bits per heavy atom. The molecule has 0 aliphatic heterocycles. The topological polar surface area (TPSA) is 53.8 Å². The van der Waals surface area contributed by atoms with Gasteiger partial charge < -0.3 is 5.11 Å². The summed E-state index contributed by atoms with van der Waals surface area (Å²) in [7, 11) is 0. The third-order valence-electron chi connectivity index (χ3n) is 2.84. The molecule has 1 aromatic heterocycles. The summed E-state index contributed by atoms with van der Waals surface area (Å²) >= 11 is 0. The Labute approximate surface area is 139 Å². The summed E-state index contributed by atoms with van der Waals surface area (Å²) in [4.78, 5) is 4.37. The molecule has 0 N–H and O–H groups in total. The van der Waals surface area contributed by atoms with Crippen LogP contribution in [0.5, 0.6) is 5.75 Å². The fourth-order valence-corrected chi connectivity index (χ4v) is 1.99. The van der Waals surface area contributed by atoms with E-state index in [9.17, 15) is 5.11 Å². The van der Waals surface area contributed by atoms with Crippen molar-refractivity contribution in [3.05, 3.63) is 60.4 Å². The second-order valence-electron chi connectivity index (χ2n) is 4.23. The van der Waals surface area contributed by atoms with Gasteiger partial charge in [0, 0.05) is 5.56 Å². The van der Waals surface area contributed by atoms with E-state index in [0.29, 0.717) is 17.2 Å². The fraction of sp³-hybridized carbons (Fsp3) is 0.0667. The van der Waals surface area contributed by atoms with Crippen LogP contribution in [0.4, 0.5) is 0 Å². The molecule has 0 radical (unpaired) electrons. The van der Waals surface area contributed by atoms with Gasteiger partial charge in [0.05, 0.1) is 5.69 Å². The van der Waals surface area contributed by atoms with Crippen LogP contribution in [-0.4, -0.2) is 14.8 Å². The number of hydrogen-bond donors (Lipinski definition) is 0. The van der Waals surface area contributed by atoms with Crippen LogP contribution in [0.3, 0.4) is 0 Å². The molecule has 0 spiro atoms. The maximum absolute atomic E-state index is 11.9. The summed E-state index contributed by atoms with van der Waals surface area (Å²) < 4.78 is 1.70. The molecule has 5 heteroatoms. The third-order valence-corrected chi connectivity index (χ3v) is 2.84. The number of aryl methyl sites for hydroxylation is 1. The molecular weight excluding hydrogens is 261 g/mol. The van der Waals surface area contributed by atoms with Crippen molar-refractivity contribution in [2.24, 2.45) is 0 Å². The minimum Gasteiger partial charge on any atom is -0.872 e. The SMILES string of the molecule is Cc1nc(-c2ccccc2[O-])n(-c2ccccc2)n1.[Na+]. The number of nitrogens with zero attached hydrogens (tertiary/aromatic N) is 3. The van der Waals surface area contributed by atoms with Crippen LogP contribution in [0, 0.1) is 6.92 Å². The summed E-state index contributed by atoms with van der Waals surface area (Å²) in [5.41, 5.74) is 1.45. The van der Waals surface area contributed by atoms with Crippen LogP contribution < -0.4 is 34.7 Å². The minimum absolute atomic E-state index is 0. The van der Waals surface area contributed by atoms with Crippen LogP contribution >= 0.6 is 0 Å². The molecule has 0 amide bonds. The molecule has 0 bridgehead atoms. The molecule has 0 aliphatic carbocycles. The fourth-order valence-electron chi connectivity index (χ4n) is 1.99. The summed E-state index contributed by atoms with van der Waals surface area (Å²) in [6, 6.07) is 16.5. The molecule has 0 fully saturated rings. The average molecular weight is 273 g/mol. The Kier molecular flexibility index (Phi) is 4.60. The molecule has 20 heavy (non-hydrogen) atoms. The summed E-state index contributed by atoms with van der Waals surface area (Å²) in [6.07, 6.45) is 0. The van der Waals surface area contributed by atoms with Crippen molar-refractivity contribution < 1.29 is 34.7 Å². The molecular formula is C15H12N3NaO. The van der Waals surface area contributed by atoms with E-state index in [4.69, 9.17) is 0 Å². The Balaban J connectivity index is 0.00000147. The van der Waals surface area contributed by atoms with Crippen molar-refractivity contribution in [2.75, 3.05) is 0 Å². The van der Waals surface area contributed by atoms with Crippen LogP contribution in [0.15, 0.2) is 54.6 Å². The quantitative estimate of drug-likeness (QED) is 0.581. The number of rotatable bonds is 2. The second kappa shape index (κ2) is 6.22. The second-order valence-corrected chi connectivity index (χ2v) is 4.23. The zero-order chi connectivity index (χ0) is 13.2. The molecule has 0 unspecified atom stereocenters.